The summed E-state index contributed by atoms with van der Waals surface area (Å²) >= 11 is 1.81. The second kappa shape index (κ2) is 9.05. The second-order valence-electron chi connectivity index (χ2n) is 6.42. The normalized spacial score (nSPS) is 15.7. The molecule has 138 valence electrons. The zero-order valence-corrected chi connectivity index (χ0v) is 15.9. The van der Waals surface area contributed by atoms with Crippen molar-refractivity contribution in [1.29, 1.82) is 0 Å². The van der Waals surface area contributed by atoms with Crippen molar-refractivity contribution < 1.29 is 9.53 Å². The zero-order valence-electron chi connectivity index (χ0n) is 15.1. The van der Waals surface area contributed by atoms with Gasteiger partial charge in [0, 0.05) is 41.5 Å². The van der Waals surface area contributed by atoms with E-state index in [-0.39, 0.29) is 5.91 Å². The molecule has 5 nitrogen and oxygen atoms in total. The van der Waals surface area contributed by atoms with Crippen LogP contribution < -0.4 is 10.1 Å². The summed E-state index contributed by atoms with van der Waals surface area (Å²) in [6.07, 6.45) is 6.48. The molecule has 26 heavy (non-hydrogen) atoms. The van der Waals surface area contributed by atoms with Crippen molar-refractivity contribution in [3.05, 3.63) is 43.1 Å². The molecule has 0 saturated carbocycles. The van der Waals surface area contributed by atoms with Crippen molar-refractivity contribution in [1.82, 2.24) is 14.6 Å². The Bertz CT molecular complexity index is 773. The van der Waals surface area contributed by atoms with Gasteiger partial charge in [0.1, 0.15) is 0 Å². The monoisotopic (exact) mass is 371 g/mol. The van der Waals surface area contributed by atoms with Crippen LogP contribution in [0.4, 0.5) is 0 Å². The number of pyridine rings is 1. The Labute approximate surface area is 158 Å². The maximum Gasteiger partial charge on any atom is 0.243 e. The van der Waals surface area contributed by atoms with Gasteiger partial charge in [-0.25, -0.2) is 9.29 Å². The molecule has 1 amide bonds. The van der Waals surface area contributed by atoms with Gasteiger partial charge in [-0.15, -0.1) is 0 Å². The Morgan fingerprint density at radius 1 is 1.38 bits per heavy atom. The zero-order chi connectivity index (χ0) is 18.4. The lowest BCUT2D eigenvalue weighted by Crippen LogP contribution is -2.31. The number of piperidine rings is 1. The van der Waals surface area contributed by atoms with E-state index in [9.17, 15) is 4.79 Å². The SMILES string of the molecule is C=CC(=O)NCCC1CCN(Sc2cccc3c(OC)nccc23)CC1. The Balaban J connectivity index is 1.56. The summed E-state index contributed by atoms with van der Waals surface area (Å²) in [6.45, 7) is 6.33. The third kappa shape index (κ3) is 4.56. The second-order valence-corrected chi connectivity index (χ2v) is 7.56. The molecule has 0 atom stereocenters. The number of rotatable bonds is 7. The van der Waals surface area contributed by atoms with Crippen molar-refractivity contribution in [3.63, 3.8) is 0 Å². The van der Waals surface area contributed by atoms with Crippen molar-refractivity contribution in [2.24, 2.45) is 5.92 Å². The number of amides is 1. The summed E-state index contributed by atoms with van der Waals surface area (Å²) in [5.74, 6) is 1.26. The molecule has 1 N–H and O–H groups in total. The highest BCUT2D eigenvalue weighted by Crippen LogP contribution is 2.35. The topological polar surface area (TPSA) is 54.5 Å². The molecule has 3 rings (SSSR count). The molecule has 0 radical (unpaired) electrons. The quantitative estimate of drug-likeness (QED) is 0.595. The summed E-state index contributed by atoms with van der Waals surface area (Å²) in [6, 6.07) is 8.32. The molecular formula is C20H25N3O2S. The molecule has 0 spiro atoms. The van der Waals surface area contributed by atoms with Gasteiger partial charge in [-0.3, -0.25) is 4.79 Å². The Morgan fingerprint density at radius 3 is 2.92 bits per heavy atom. The molecule has 0 bridgehead atoms. The first kappa shape index (κ1) is 18.7. The molecule has 0 unspecified atom stereocenters. The molecule has 0 aliphatic carbocycles. The van der Waals surface area contributed by atoms with E-state index in [0.29, 0.717) is 11.8 Å². The largest absolute Gasteiger partial charge is 0.481 e. The average molecular weight is 372 g/mol. The van der Waals surface area contributed by atoms with Crippen LogP contribution in [0.15, 0.2) is 48.0 Å². The fourth-order valence-electron chi connectivity index (χ4n) is 3.29. The van der Waals surface area contributed by atoms with E-state index < -0.39 is 0 Å². The minimum Gasteiger partial charge on any atom is -0.481 e. The van der Waals surface area contributed by atoms with E-state index in [1.54, 1.807) is 13.3 Å². The van der Waals surface area contributed by atoms with Gasteiger partial charge in [-0.05, 0) is 61.4 Å². The lowest BCUT2D eigenvalue weighted by molar-refractivity contribution is -0.116. The van der Waals surface area contributed by atoms with Gasteiger partial charge < -0.3 is 10.1 Å². The maximum absolute atomic E-state index is 11.2. The summed E-state index contributed by atoms with van der Waals surface area (Å²) in [4.78, 5) is 16.7. The number of carbonyl (C=O) groups is 1. The number of nitrogens with one attached hydrogen (secondary N) is 1. The Hall–Kier alpha value is -2.05. The highest BCUT2D eigenvalue weighted by Gasteiger charge is 2.20. The van der Waals surface area contributed by atoms with Crippen LogP contribution in [0.1, 0.15) is 19.3 Å². The molecule has 1 aliphatic heterocycles. The van der Waals surface area contributed by atoms with Gasteiger partial charge in [0.2, 0.25) is 11.8 Å². The minimum atomic E-state index is -0.0844. The van der Waals surface area contributed by atoms with Crippen LogP contribution in [0.25, 0.3) is 10.8 Å². The molecule has 1 aromatic heterocycles. The molecule has 1 aliphatic rings. The van der Waals surface area contributed by atoms with E-state index in [4.69, 9.17) is 4.74 Å². The lowest BCUT2D eigenvalue weighted by atomic mass is 9.95. The number of aromatic nitrogens is 1. The van der Waals surface area contributed by atoms with Crippen LogP contribution in [0.5, 0.6) is 5.88 Å². The first-order valence-corrected chi connectivity index (χ1v) is 9.73. The average Bonchev–Trinajstić information content (AvgIpc) is 2.69. The van der Waals surface area contributed by atoms with Crippen LogP contribution in [0.3, 0.4) is 0 Å². The number of carbonyl (C=O) groups excluding carboxylic acids is 1. The van der Waals surface area contributed by atoms with E-state index in [1.807, 2.05) is 11.9 Å². The number of ether oxygens (including phenoxy) is 1. The first-order valence-electron chi connectivity index (χ1n) is 8.96. The summed E-state index contributed by atoms with van der Waals surface area (Å²) < 4.78 is 7.81. The standard InChI is InChI=1S/C20H25N3O2S/c1-3-19(24)21-11-7-15-9-13-23(14-10-15)26-18-6-4-5-17-16(18)8-12-22-20(17)25-2/h3-6,8,12,15H,1,7,9-11,13-14H2,2H3,(H,21,24). The van der Waals surface area contributed by atoms with Gasteiger partial charge in [0.05, 0.1) is 7.11 Å². The number of methoxy groups -OCH3 is 1. The van der Waals surface area contributed by atoms with E-state index >= 15 is 0 Å². The molecule has 1 saturated heterocycles. The molecular weight excluding hydrogens is 346 g/mol. The van der Waals surface area contributed by atoms with E-state index in [1.165, 1.54) is 16.4 Å². The van der Waals surface area contributed by atoms with Crippen LogP contribution >= 0.6 is 11.9 Å². The third-order valence-electron chi connectivity index (χ3n) is 4.76. The number of hydrogen-bond acceptors (Lipinski definition) is 5. The summed E-state index contributed by atoms with van der Waals surface area (Å²) in [5, 5.41) is 5.10. The van der Waals surface area contributed by atoms with Crippen LogP contribution in [0.2, 0.25) is 0 Å². The first-order chi connectivity index (χ1) is 12.7. The lowest BCUT2D eigenvalue weighted by Gasteiger charge is -2.31. The smallest absolute Gasteiger partial charge is 0.243 e. The number of fused-ring (bicyclic) bond motifs is 1. The van der Waals surface area contributed by atoms with Gasteiger partial charge in [-0.1, -0.05) is 12.6 Å². The highest BCUT2D eigenvalue weighted by atomic mass is 32.2. The fraction of sp³-hybridized carbons (Fsp3) is 0.400. The Kier molecular flexibility index (Phi) is 6.52. The number of nitrogens with zero attached hydrogens (tertiary/aromatic N) is 2. The van der Waals surface area contributed by atoms with Crippen molar-refractivity contribution in [2.45, 2.75) is 24.2 Å². The number of benzene rings is 1. The fourth-order valence-corrected chi connectivity index (χ4v) is 4.38. The van der Waals surface area contributed by atoms with Crippen LogP contribution in [-0.2, 0) is 4.79 Å². The minimum absolute atomic E-state index is 0.0844. The van der Waals surface area contributed by atoms with Gasteiger partial charge in [-0.2, -0.15) is 0 Å². The van der Waals surface area contributed by atoms with Crippen molar-refractivity contribution >= 4 is 28.6 Å². The molecule has 1 fully saturated rings. The maximum atomic E-state index is 11.2. The van der Waals surface area contributed by atoms with Crippen LogP contribution in [-0.4, -0.2) is 41.9 Å². The van der Waals surface area contributed by atoms with Crippen LogP contribution in [0, 0.1) is 5.92 Å². The predicted octanol–water partition coefficient (Wildman–Crippen LogP) is 3.65. The molecule has 1 aromatic carbocycles. The summed E-state index contributed by atoms with van der Waals surface area (Å²) in [7, 11) is 1.66. The third-order valence-corrected chi connectivity index (χ3v) is 5.94. The van der Waals surface area contributed by atoms with Gasteiger partial charge >= 0.3 is 0 Å². The van der Waals surface area contributed by atoms with Gasteiger partial charge in [0.15, 0.2) is 0 Å². The van der Waals surface area contributed by atoms with Gasteiger partial charge in [0.25, 0.3) is 0 Å². The van der Waals surface area contributed by atoms with E-state index in [0.717, 1.165) is 44.3 Å². The van der Waals surface area contributed by atoms with Crippen molar-refractivity contribution in [2.75, 3.05) is 26.7 Å². The molecule has 6 heteroatoms. The highest BCUT2D eigenvalue weighted by molar-refractivity contribution is 7.97. The van der Waals surface area contributed by atoms with E-state index in [2.05, 4.69) is 45.5 Å². The predicted molar refractivity (Wildman–Crippen MR) is 106 cm³/mol. The van der Waals surface area contributed by atoms with Crippen molar-refractivity contribution in [3.8, 4) is 5.88 Å². The number of hydrogen-bond donors (Lipinski definition) is 1. The Morgan fingerprint density at radius 2 is 2.19 bits per heavy atom. The molecule has 2 heterocycles. The summed E-state index contributed by atoms with van der Waals surface area (Å²) in [5.41, 5.74) is 0. The molecule has 2 aromatic rings.